The van der Waals surface area contributed by atoms with E-state index in [2.05, 4.69) is 74.4 Å². The van der Waals surface area contributed by atoms with Gasteiger partial charge in [0.2, 0.25) is 17.7 Å². The number of nitrogens with one attached hydrogen (secondary N) is 3. The van der Waals surface area contributed by atoms with E-state index in [0.29, 0.717) is 54.3 Å². The maximum Gasteiger partial charge on any atom is 0.264 e. The van der Waals surface area contributed by atoms with Gasteiger partial charge in [-0.1, -0.05) is 36.4 Å². The fourth-order valence-electron chi connectivity index (χ4n) is 9.70. The second-order valence-corrected chi connectivity index (χ2v) is 17.3. The second-order valence-electron chi connectivity index (χ2n) is 17.3. The van der Waals surface area contributed by atoms with E-state index in [9.17, 15) is 24.0 Å². The van der Waals surface area contributed by atoms with Gasteiger partial charge in [0.15, 0.2) is 17.0 Å². The van der Waals surface area contributed by atoms with Gasteiger partial charge in [-0.2, -0.15) is 0 Å². The molecule has 4 aliphatic heterocycles. The van der Waals surface area contributed by atoms with Gasteiger partial charge < -0.3 is 29.7 Å². The summed E-state index contributed by atoms with van der Waals surface area (Å²) < 4.78 is 8.45. The van der Waals surface area contributed by atoms with Crippen molar-refractivity contribution in [1.29, 1.82) is 0 Å². The minimum atomic E-state index is -0.987. The van der Waals surface area contributed by atoms with Gasteiger partial charge in [0, 0.05) is 75.7 Å². The van der Waals surface area contributed by atoms with Crippen molar-refractivity contribution in [3.05, 3.63) is 102 Å². The first-order valence-electron chi connectivity index (χ1n) is 22.3. The lowest BCUT2D eigenvalue weighted by Crippen LogP contribution is -2.54. The van der Waals surface area contributed by atoms with Crippen LogP contribution in [0.4, 0.5) is 22.9 Å². The summed E-state index contributed by atoms with van der Waals surface area (Å²) in [7, 11) is 0. The van der Waals surface area contributed by atoms with E-state index in [0.717, 1.165) is 80.2 Å². The predicted molar refractivity (Wildman–Crippen MR) is 238 cm³/mol. The van der Waals surface area contributed by atoms with Gasteiger partial charge in [-0.05, 0) is 74.1 Å². The van der Waals surface area contributed by atoms with Crippen LogP contribution in [-0.2, 0) is 25.5 Å². The van der Waals surface area contributed by atoms with Crippen LogP contribution >= 0.6 is 0 Å². The van der Waals surface area contributed by atoms with E-state index in [-0.39, 0.29) is 36.9 Å². The van der Waals surface area contributed by atoms with Gasteiger partial charge >= 0.3 is 0 Å². The molecule has 17 heteroatoms. The topological polar surface area (TPSA) is 187 Å². The number of anilines is 4. The Kier molecular flexibility index (Phi) is 11.5. The maximum absolute atomic E-state index is 13.6. The highest BCUT2D eigenvalue weighted by Gasteiger charge is 2.46. The molecule has 0 spiro atoms. The van der Waals surface area contributed by atoms with Crippen molar-refractivity contribution in [2.75, 3.05) is 67.5 Å². The molecule has 5 aromatic rings. The fourth-order valence-corrected chi connectivity index (χ4v) is 9.70. The number of imide groups is 2. The van der Waals surface area contributed by atoms with Crippen LogP contribution in [0.3, 0.4) is 0 Å². The van der Waals surface area contributed by atoms with E-state index < -0.39 is 29.7 Å². The summed E-state index contributed by atoms with van der Waals surface area (Å²) in [5, 5.41) is 8.87. The molecule has 6 heterocycles. The number of imidazole rings is 1. The highest BCUT2D eigenvalue weighted by molar-refractivity contribution is 6.25. The molecule has 5 amide bonds. The molecule has 4 fully saturated rings. The van der Waals surface area contributed by atoms with Gasteiger partial charge in [0.25, 0.3) is 11.8 Å². The van der Waals surface area contributed by atoms with Crippen LogP contribution in [-0.4, -0.2) is 129 Å². The molecule has 0 radical (unpaired) electrons. The minimum Gasteiger partial charge on any atom is -0.377 e. The predicted octanol–water partition coefficient (Wildman–Crippen LogP) is 3.84. The molecule has 3 N–H and O–H groups in total. The molecule has 1 aliphatic carbocycles. The Morgan fingerprint density at radius 2 is 1.58 bits per heavy atom. The van der Waals surface area contributed by atoms with Crippen molar-refractivity contribution in [2.24, 2.45) is 0 Å². The summed E-state index contributed by atoms with van der Waals surface area (Å²) in [6.45, 7) is 6.56. The van der Waals surface area contributed by atoms with Gasteiger partial charge in [0.1, 0.15) is 12.4 Å². The van der Waals surface area contributed by atoms with Crippen molar-refractivity contribution in [1.82, 2.24) is 40.0 Å². The lowest BCUT2D eigenvalue weighted by molar-refractivity contribution is -0.136. The molecule has 1 atom stereocenters. The Labute approximate surface area is 370 Å². The number of benzene rings is 3. The zero-order chi connectivity index (χ0) is 43.7. The number of ether oxygens (including phenoxy) is 1. The fraction of sp³-hybridized carbons (Fsp3) is 0.404. The zero-order valence-electron chi connectivity index (χ0n) is 35.5. The Morgan fingerprint density at radius 3 is 2.34 bits per heavy atom. The number of piperazine rings is 1. The SMILES string of the molecule is O=C1CC[C@H](N2C(=O)c3cccc(N4CCC(OCCN5CCN(c6ccc(Nc7ncnc8c7ncn8C7CC(NC(=O)Cc8ccccc8)C7)cc6)CC5)CC4)c3C2=O)C(=O)N1. The number of fused-ring (bicyclic) bond motifs is 2. The average Bonchev–Trinajstić information content (AvgIpc) is 3.84. The van der Waals surface area contributed by atoms with Crippen LogP contribution in [0.2, 0.25) is 0 Å². The van der Waals surface area contributed by atoms with E-state index in [4.69, 9.17) is 4.74 Å². The quantitative estimate of drug-likeness (QED) is 0.145. The largest absolute Gasteiger partial charge is 0.377 e. The molecule has 3 saturated heterocycles. The normalized spacial score (nSPS) is 21.8. The number of carbonyl (C=O) groups excluding carboxylic acids is 5. The molecule has 0 unspecified atom stereocenters. The molecule has 3 aromatic carbocycles. The molecular formula is C47H51N11O6. The Balaban J connectivity index is 0.653. The number of piperidine rings is 2. The van der Waals surface area contributed by atoms with E-state index in [1.807, 2.05) is 42.7 Å². The van der Waals surface area contributed by atoms with Gasteiger partial charge in [-0.3, -0.25) is 39.1 Å². The number of hydrogen-bond donors (Lipinski definition) is 3. The number of rotatable bonds is 13. The summed E-state index contributed by atoms with van der Waals surface area (Å²) in [6.07, 6.45) is 7.35. The van der Waals surface area contributed by atoms with Crippen molar-refractivity contribution in [3.8, 4) is 0 Å². The van der Waals surface area contributed by atoms with E-state index in [1.165, 1.54) is 5.69 Å². The van der Waals surface area contributed by atoms with Gasteiger partial charge in [-0.25, -0.2) is 15.0 Å². The minimum absolute atomic E-state index is 0.0424. The van der Waals surface area contributed by atoms with E-state index in [1.54, 1.807) is 18.5 Å². The number of hydrogen-bond acceptors (Lipinski definition) is 13. The van der Waals surface area contributed by atoms with Crippen LogP contribution in [0.1, 0.15) is 70.8 Å². The third-order valence-corrected chi connectivity index (χ3v) is 13.3. The molecule has 0 bridgehead atoms. The second kappa shape index (κ2) is 17.8. The zero-order valence-corrected chi connectivity index (χ0v) is 35.5. The maximum atomic E-state index is 13.6. The van der Waals surface area contributed by atoms with Crippen LogP contribution in [0.25, 0.3) is 11.2 Å². The molecular weight excluding hydrogens is 815 g/mol. The lowest BCUT2D eigenvalue weighted by Gasteiger charge is -2.37. The highest BCUT2D eigenvalue weighted by Crippen LogP contribution is 2.37. The van der Waals surface area contributed by atoms with Crippen LogP contribution in [0.5, 0.6) is 0 Å². The van der Waals surface area contributed by atoms with Crippen LogP contribution in [0.15, 0.2) is 85.5 Å². The molecule has 17 nitrogen and oxygen atoms in total. The first kappa shape index (κ1) is 41.3. The summed E-state index contributed by atoms with van der Waals surface area (Å²) in [4.78, 5) is 85.5. The lowest BCUT2D eigenvalue weighted by atomic mass is 9.86. The molecule has 1 saturated carbocycles. The Hall–Kier alpha value is -6.72. The monoisotopic (exact) mass is 865 g/mol. The third kappa shape index (κ3) is 8.40. The smallest absolute Gasteiger partial charge is 0.264 e. The molecule has 5 aliphatic rings. The Morgan fingerprint density at radius 1 is 0.797 bits per heavy atom. The van der Waals surface area contributed by atoms with Crippen molar-refractivity contribution in [3.63, 3.8) is 0 Å². The summed E-state index contributed by atoms with van der Waals surface area (Å²) in [6, 6.07) is 22.8. The molecule has 64 heavy (non-hydrogen) atoms. The summed E-state index contributed by atoms with van der Waals surface area (Å²) >= 11 is 0. The van der Waals surface area contributed by atoms with E-state index >= 15 is 0 Å². The number of carbonyl (C=O) groups is 5. The van der Waals surface area contributed by atoms with Crippen molar-refractivity contribution >= 4 is 63.6 Å². The van der Waals surface area contributed by atoms with Crippen LogP contribution in [0, 0.1) is 0 Å². The molecule has 10 rings (SSSR count). The number of nitrogens with zero attached hydrogens (tertiary/aromatic N) is 8. The summed E-state index contributed by atoms with van der Waals surface area (Å²) in [5.74, 6) is -1.28. The molecule has 330 valence electrons. The molecule has 2 aromatic heterocycles. The number of aromatic nitrogens is 4. The van der Waals surface area contributed by atoms with Crippen LogP contribution < -0.4 is 25.8 Å². The van der Waals surface area contributed by atoms with Crippen molar-refractivity contribution < 1.29 is 28.7 Å². The third-order valence-electron chi connectivity index (χ3n) is 13.3. The average molecular weight is 866 g/mol. The number of amides is 5. The highest BCUT2D eigenvalue weighted by atomic mass is 16.5. The Bertz CT molecular complexity index is 2560. The first-order valence-corrected chi connectivity index (χ1v) is 22.3. The first-order chi connectivity index (χ1) is 31.3. The standard InChI is InChI=1S/C47H51N11O6/c59-39-14-13-38(45(61)53-39)58-46(62)36-7-4-8-37(41(36)47(58)63)56-17-15-35(16-18-56)64-24-23-54-19-21-55(22-20-54)33-11-9-31(10-12-33)52-43-42-44(49-28-48-43)57(29-50-42)34-26-32(27-34)51-40(60)25-30-5-2-1-3-6-30/h1-12,28-29,32,34-35,38H,13-27H2,(H,51,60)(H,48,49,52)(H,53,59,61)/t32?,34?,38-/m0/s1. The summed E-state index contributed by atoms with van der Waals surface area (Å²) in [5.41, 5.74) is 5.90. The van der Waals surface area contributed by atoms with Gasteiger partial charge in [0.05, 0.1) is 42.3 Å². The van der Waals surface area contributed by atoms with Gasteiger partial charge in [-0.15, -0.1) is 0 Å². The van der Waals surface area contributed by atoms with Crippen molar-refractivity contribution in [2.45, 2.75) is 69.2 Å².